The topological polar surface area (TPSA) is 8.81 Å². The fourth-order valence-electron chi connectivity index (χ4n) is 1.37. The van der Waals surface area contributed by atoms with Gasteiger partial charge < -0.3 is 0 Å². The molecule has 68 valence electrons. The van der Waals surface area contributed by atoms with E-state index in [2.05, 4.69) is 42.4 Å². The highest BCUT2D eigenvalue weighted by Gasteiger charge is 2.06. The van der Waals surface area contributed by atoms with Gasteiger partial charge in [0.2, 0.25) is 0 Å². The molecule has 0 unspecified atom stereocenters. The first-order valence-electron chi connectivity index (χ1n) is 4.77. The molecule has 1 aromatic rings. The Kier molecular flexibility index (Phi) is 3.32. The maximum atomic E-state index is 2.32. The lowest BCUT2D eigenvalue weighted by molar-refractivity contribution is -0.677. The van der Waals surface area contributed by atoms with Crippen molar-refractivity contribution in [2.24, 2.45) is 7.05 Å². The van der Waals surface area contributed by atoms with Crippen LogP contribution in [-0.4, -0.2) is 4.57 Å². The highest BCUT2D eigenvalue weighted by atomic mass is 15.1. The number of aryl methyl sites for hydroxylation is 2. The van der Waals surface area contributed by atoms with Gasteiger partial charge >= 0.3 is 0 Å². The van der Waals surface area contributed by atoms with E-state index >= 15 is 0 Å². The minimum Gasteiger partial charge on any atom is -0.237 e. The minimum atomic E-state index is 1.17. The van der Waals surface area contributed by atoms with Crippen LogP contribution in [0.4, 0.5) is 0 Å². The van der Waals surface area contributed by atoms with Crippen molar-refractivity contribution in [2.45, 2.75) is 39.7 Å². The summed E-state index contributed by atoms with van der Waals surface area (Å²) >= 11 is 0. The van der Waals surface area contributed by atoms with E-state index < -0.39 is 0 Å². The van der Waals surface area contributed by atoms with Crippen LogP contribution >= 0.6 is 0 Å². The summed E-state index contributed by atoms with van der Waals surface area (Å²) in [6.45, 7) is 5.56. The van der Waals surface area contributed by atoms with Crippen LogP contribution in [-0.2, 0) is 13.6 Å². The molecule has 0 amide bonds. The zero-order chi connectivity index (χ0) is 8.97. The van der Waals surface area contributed by atoms with E-state index in [1.54, 1.807) is 0 Å². The number of imidazole rings is 1. The van der Waals surface area contributed by atoms with E-state index in [1.165, 1.54) is 31.6 Å². The van der Waals surface area contributed by atoms with Gasteiger partial charge in [0.25, 0.3) is 5.82 Å². The summed E-state index contributed by atoms with van der Waals surface area (Å²) in [5, 5.41) is 0. The number of nitrogens with zero attached hydrogens (tertiary/aromatic N) is 2. The van der Waals surface area contributed by atoms with Gasteiger partial charge in [-0.1, -0.05) is 13.3 Å². The maximum Gasteiger partial charge on any atom is 0.253 e. The van der Waals surface area contributed by atoms with E-state index in [0.717, 1.165) is 0 Å². The molecule has 0 aliphatic rings. The van der Waals surface area contributed by atoms with Gasteiger partial charge in [-0.25, -0.2) is 9.13 Å². The average molecular weight is 167 g/mol. The summed E-state index contributed by atoms with van der Waals surface area (Å²) in [6.07, 6.45) is 8.20. The molecule has 0 saturated carbocycles. The van der Waals surface area contributed by atoms with Crippen LogP contribution in [0.15, 0.2) is 12.4 Å². The highest BCUT2D eigenvalue weighted by Crippen LogP contribution is 1.99. The van der Waals surface area contributed by atoms with Gasteiger partial charge in [-0.2, -0.15) is 0 Å². The van der Waals surface area contributed by atoms with Crippen molar-refractivity contribution in [3.63, 3.8) is 0 Å². The Morgan fingerprint density at radius 1 is 1.42 bits per heavy atom. The zero-order valence-electron chi connectivity index (χ0n) is 8.38. The minimum absolute atomic E-state index is 1.17. The molecule has 1 heterocycles. The van der Waals surface area contributed by atoms with Gasteiger partial charge in [0, 0.05) is 6.92 Å². The zero-order valence-corrected chi connectivity index (χ0v) is 8.38. The first kappa shape index (κ1) is 9.30. The Morgan fingerprint density at radius 3 is 2.67 bits per heavy atom. The average Bonchev–Trinajstić information content (AvgIpc) is 2.36. The lowest BCUT2D eigenvalue weighted by atomic mass is 10.2. The Morgan fingerprint density at radius 2 is 2.17 bits per heavy atom. The summed E-state index contributed by atoms with van der Waals surface area (Å²) in [4.78, 5) is 0. The smallest absolute Gasteiger partial charge is 0.237 e. The highest BCUT2D eigenvalue weighted by molar-refractivity contribution is 4.78. The van der Waals surface area contributed by atoms with E-state index in [1.807, 2.05) is 0 Å². The van der Waals surface area contributed by atoms with E-state index in [-0.39, 0.29) is 0 Å². The van der Waals surface area contributed by atoms with Crippen molar-refractivity contribution in [2.75, 3.05) is 0 Å². The fraction of sp³-hybridized carbons (Fsp3) is 0.700. The molecule has 0 saturated heterocycles. The standard InChI is InChI=1S/C10H19N2/c1-4-5-6-7-12-9-8-11(3)10(12)2/h8-9H,4-7H2,1-3H3/q+1. The molecule has 0 fully saturated rings. The monoisotopic (exact) mass is 167 g/mol. The maximum absolute atomic E-state index is 2.32. The number of aromatic nitrogens is 2. The van der Waals surface area contributed by atoms with Crippen LogP contribution in [0.25, 0.3) is 0 Å². The van der Waals surface area contributed by atoms with Crippen LogP contribution in [0, 0.1) is 6.92 Å². The van der Waals surface area contributed by atoms with Crippen molar-refractivity contribution < 1.29 is 4.57 Å². The Balaban J connectivity index is 2.46. The lowest BCUT2D eigenvalue weighted by Gasteiger charge is -1.97. The third-order valence-corrected chi connectivity index (χ3v) is 2.40. The summed E-state index contributed by atoms with van der Waals surface area (Å²) in [7, 11) is 2.09. The number of rotatable bonds is 4. The predicted molar refractivity (Wildman–Crippen MR) is 49.9 cm³/mol. The van der Waals surface area contributed by atoms with Crippen LogP contribution in [0.1, 0.15) is 32.0 Å². The van der Waals surface area contributed by atoms with Gasteiger partial charge in [0.15, 0.2) is 0 Å². The second-order valence-corrected chi connectivity index (χ2v) is 3.36. The molecule has 0 bridgehead atoms. The SMILES string of the molecule is CCCCCn1cc[n+](C)c1C. The number of hydrogen-bond donors (Lipinski definition) is 0. The third-order valence-electron chi connectivity index (χ3n) is 2.40. The van der Waals surface area contributed by atoms with E-state index in [9.17, 15) is 0 Å². The third kappa shape index (κ3) is 2.10. The van der Waals surface area contributed by atoms with Gasteiger partial charge in [-0.15, -0.1) is 0 Å². The largest absolute Gasteiger partial charge is 0.253 e. The van der Waals surface area contributed by atoms with Gasteiger partial charge in [-0.3, -0.25) is 0 Å². The summed E-state index contributed by atoms with van der Waals surface area (Å²) in [5.41, 5.74) is 0. The van der Waals surface area contributed by atoms with Crippen LogP contribution in [0.2, 0.25) is 0 Å². The van der Waals surface area contributed by atoms with Gasteiger partial charge in [-0.05, 0) is 12.8 Å². The molecule has 12 heavy (non-hydrogen) atoms. The van der Waals surface area contributed by atoms with Crippen LogP contribution in [0.3, 0.4) is 0 Å². The van der Waals surface area contributed by atoms with Crippen molar-refractivity contribution in [3.8, 4) is 0 Å². The molecular weight excluding hydrogens is 148 g/mol. The van der Waals surface area contributed by atoms with Crippen molar-refractivity contribution in [3.05, 3.63) is 18.2 Å². The van der Waals surface area contributed by atoms with Crippen LogP contribution < -0.4 is 4.57 Å². The molecular formula is C10H19N2+. The fourth-order valence-corrected chi connectivity index (χ4v) is 1.37. The molecule has 0 N–H and O–H groups in total. The Labute approximate surface area is 74.8 Å². The summed E-state index contributed by atoms with van der Waals surface area (Å²) < 4.78 is 4.47. The van der Waals surface area contributed by atoms with Gasteiger partial charge in [0.1, 0.15) is 12.4 Å². The number of hydrogen-bond acceptors (Lipinski definition) is 0. The quantitative estimate of drug-likeness (QED) is 0.478. The Bertz CT molecular complexity index is 238. The van der Waals surface area contributed by atoms with Crippen molar-refractivity contribution in [1.29, 1.82) is 0 Å². The molecule has 0 radical (unpaired) electrons. The van der Waals surface area contributed by atoms with Crippen molar-refractivity contribution >= 4 is 0 Å². The Hall–Kier alpha value is -0.790. The molecule has 0 atom stereocenters. The molecule has 0 spiro atoms. The predicted octanol–water partition coefficient (Wildman–Crippen LogP) is 1.81. The summed E-state index contributed by atoms with van der Waals surface area (Å²) in [6, 6.07) is 0. The van der Waals surface area contributed by atoms with E-state index in [0.29, 0.717) is 0 Å². The first-order valence-corrected chi connectivity index (χ1v) is 4.77. The molecule has 0 aromatic carbocycles. The van der Waals surface area contributed by atoms with Crippen molar-refractivity contribution in [1.82, 2.24) is 4.57 Å². The molecule has 0 aliphatic heterocycles. The van der Waals surface area contributed by atoms with Gasteiger partial charge in [0.05, 0.1) is 13.6 Å². The lowest BCUT2D eigenvalue weighted by Crippen LogP contribution is -2.29. The normalized spacial score (nSPS) is 10.6. The molecule has 1 aromatic heterocycles. The molecule has 2 heteroatoms. The molecule has 2 nitrogen and oxygen atoms in total. The van der Waals surface area contributed by atoms with Crippen LogP contribution in [0.5, 0.6) is 0 Å². The summed E-state index contributed by atoms with van der Waals surface area (Å²) in [5.74, 6) is 1.34. The first-order chi connectivity index (χ1) is 5.75. The van der Waals surface area contributed by atoms with E-state index in [4.69, 9.17) is 0 Å². The number of unbranched alkanes of at least 4 members (excludes halogenated alkanes) is 2. The molecule has 0 aliphatic carbocycles. The second-order valence-electron chi connectivity index (χ2n) is 3.36. The second kappa shape index (κ2) is 4.29. The molecule has 1 rings (SSSR count).